The summed E-state index contributed by atoms with van der Waals surface area (Å²) in [4.78, 5) is 17.9. The number of amides is 1. The third-order valence-corrected chi connectivity index (χ3v) is 3.82. The molecule has 2 atom stereocenters. The second-order valence-corrected chi connectivity index (χ2v) is 5.35. The van der Waals surface area contributed by atoms with E-state index in [2.05, 4.69) is 17.6 Å². The van der Waals surface area contributed by atoms with Crippen molar-refractivity contribution in [3.05, 3.63) is 30.1 Å². The lowest BCUT2D eigenvalue weighted by Gasteiger charge is -2.24. The monoisotopic (exact) mass is 265 g/mol. The number of thiol groups is 1. The first-order valence-corrected chi connectivity index (χ1v) is 6.81. The molecule has 1 unspecified atom stereocenters. The van der Waals surface area contributed by atoms with E-state index < -0.39 is 6.04 Å². The predicted molar refractivity (Wildman–Crippen MR) is 74.5 cm³/mol. The highest BCUT2D eigenvalue weighted by Gasteiger charge is 2.28. The molecule has 0 aliphatic carbocycles. The van der Waals surface area contributed by atoms with Gasteiger partial charge in [0, 0.05) is 30.7 Å². The number of hydrogen-bond donors (Lipinski definition) is 2. The van der Waals surface area contributed by atoms with Gasteiger partial charge in [-0.15, -0.1) is 0 Å². The molecule has 1 aromatic heterocycles. The third-order valence-electron chi connectivity index (χ3n) is 3.31. The third kappa shape index (κ3) is 3.23. The molecule has 1 amide bonds. The first kappa shape index (κ1) is 13.4. The molecule has 1 fully saturated rings. The van der Waals surface area contributed by atoms with Crippen LogP contribution in [0.15, 0.2) is 24.5 Å². The SMILES string of the molecule is N[C@H](C(=O)N1CCCC1)C(S)Cc1ccncc1. The summed E-state index contributed by atoms with van der Waals surface area (Å²) in [5, 5.41) is -0.152. The van der Waals surface area contributed by atoms with E-state index >= 15 is 0 Å². The van der Waals surface area contributed by atoms with E-state index in [0.29, 0.717) is 6.42 Å². The number of nitrogens with zero attached hydrogens (tertiary/aromatic N) is 2. The molecule has 1 aliphatic rings. The Morgan fingerprint density at radius 3 is 2.61 bits per heavy atom. The zero-order valence-corrected chi connectivity index (χ0v) is 11.2. The number of likely N-dealkylation sites (tertiary alicyclic amines) is 1. The fourth-order valence-corrected chi connectivity index (χ4v) is 2.54. The van der Waals surface area contributed by atoms with Gasteiger partial charge in [-0.1, -0.05) is 0 Å². The van der Waals surface area contributed by atoms with Crippen LogP contribution in [0.1, 0.15) is 18.4 Å². The average Bonchev–Trinajstić information content (AvgIpc) is 2.92. The molecule has 0 saturated carbocycles. The van der Waals surface area contributed by atoms with Gasteiger partial charge in [0.1, 0.15) is 0 Å². The molecule has 1 aliphatic heterocycles. The van der Waals surface area contributed by atoms with E-state index in [-0.39, 0.29) is 11.2 Å². The number of pyridine rings is 1. The normalized spacial score (nSPS) is 18.7. The average molecular weight is 265 g/mol. The second kappa shape index (κ2) is 6.20. The van der Waals surface area contributed by atoms with Crippen molar-refractivity contribution in [2.24, 2.45) is 5.73 Å². The number of aromatic nitrogens is 1. The van der Waals surface area contributed by atoms with Crippen LogP contribution in [-0.4, -0.2) is 40.2 Å². The van der Waals surface area contributed by atoms with Crippen molar-refractivity contribution in [3.8, 4) is 0 Å². The highest BCUT2D eigenvalue weighted by atomic mass is 32.1. The summed E-state index contributed by atoms with van der Waals surface area (Å²) in [5.41, 5.74) is 7.11. The lowest BCUT2D eigenvalue weighted by molar-refractivity contribution is -0.131. The van der Waals surface area contributed by atoms with E-state index in [0.717, 1.165) is 31.5 Å². The van der Waals surface area contributed by atoms with Gasteiger partial charge in [0.15, 0.2) is 0 Å². The summed E-state index contributed by atoms with van der Waals surface area (Å²) in [6.45, 7) is 1.67. The number of carbonyl (C=O) groups is 1. The highest BCUT2D eigenvalue weighted by Crippen LogP contribution is 2.14. The summed E-state index contributed by atoms with van der Waals surface area (Å²) in [7, 11) is 0. The fraction of sp³-hybridized carbons (Fsp3) is 0.538. The molecule has 2 heterocycles. The minimum absolute atomic E-state index is 0.0292. The maximum absolute atomic E-state index is 12.1. The van der Waals surface area contributed by atoms with E-state index in [4.69, 9.17) is 5.73 Å². The van der Waals surface area contributed by atoms with Gasteiger partial charge in [0.25, 0.3) is 0 Å². The Morgan fingerprint density at radius 1 is 1.39 bits per heavy atom. The fourth-order valence-electron chi connectivity index (χ4n) is 2.20. The van der Waals surface area contributed by atoms with Crippen LogP contribution in [0.2, 0.25) is 0 Å². The maximum atomic E-state index is 12.1. The van der Waals surface area contributed by atoms with Gasteiger partial charge in [-0.2, -0.15) is 12.6 Å². The zero-order valence-electron chi connectivity index (χ0n) is 10.3. The van der Waals surface area contributed by atoms with Crippen LogP contribution >= 0.6 is 12.6 Å². The number of carbonyl (C=O) groups excluding carboxylic acids is 1. The van der Waals surface area contributed by atoms with Crippen LogP contribution in [0.4, 0.5) is 0 Å². The molecule has 0 radical (unpaired) electrons. The molecule has 1 aromatic rings. The lowest BCUT2D eigenvalue weighted by Crippen LogP contribution is -2.48. The number of nitrogens with two attached hydrogens (primary N) is 1. The van der Waals surface area contributed by atoms with Gasteiger partial charge in [-0.3, -0.25) is 9.78 Å². The summed E-state index contributed by atoms with van der Waals surface area (Å²) < 4.78 is 0. The molecule has 18 heavy (non-hydrogen) atoms. The van der Waals surface area contributed by atoms with Crippen molar-refractivity contribution >= 4 is 18.5 Å². The largest absolute Gasteiger partial charge is 0.341 e. The molecule has 0 aromatic carbocycles. The molecule has 4 nitrogen and oxygen atoms in total. The molecule has 1 saturated heterocycles. The van der Waals surface area contributed by atoms with Crippen LogP contribution in [0, 0.1) is 0 Å². The van der Waals surface area contributed by atoms with Crippen LogP contribution in [0.25, 0.3) is 0 Å². The zero-order chi connectivity index (χ0) is 13.0. The standard InChI is InChI=1S/C13H19N3OS/c14-12(13(17)16-7-1-2-8-16)11(18)9-10-3-5-15-6-4-10/h3-6,11-12,18H,1-2,7-9,14H2/t11?,12-/m0/s1. The maximum Gasteiger partial charge on any atom is 0.240 e. The first-order chi connectivity index (χ1) is 8.68. The Morgan fingerprint density at radius 2 is 2.00 bits per heavy atom. The van der Waals surface area contributed by atoms with Crippen molar-refractivity contribution < 1.29 is 4.79 Å². The van der Waals surface area contributed by atoms with Crippen molar-refractivity contribution in [2.45, 2.75) is 30.6 Å². The van der Waals surface area contributed by atoms with Crippen molar-refractivity contribution in [3.63, 3.8) is 0 Å². The Kier molecular flexibility index (Phi) is 4.60. The molecule has 2 rings (SSSR count). The topological polar surface area (TPSA) is 59.2 Å². The van der Waals surface area contributed by atoms with Gasteiger partial charge in [-0.25, -0.2) is 0 Å². The van der Waals surface area contributed by atoms with Crippen LogP contribution in [-0.2, 0) is 11.2 Å². The van der Waals surface area contributed by atoms with Gasteiger partial charge in [0.2, 0.25) is 5.91 Å². The quantitative estimate of drug-likeness (QED) is 0.794. The van der Waals surface area contributed by atoms with Gasteiger partial charge < -0.3 is 10.6 Å². The lowest BCUT2D eigenvalue weighted by atomic mass is 10.1. The van der Waals surface area contributed by atoms with Crippen LogP contribution in [0.3, 0.4) is 0 Å². The summed E-state index contributed by atoms with van der Waals surface area (Å²) in [6, 6.07) is 3.33. The van der Waals surface area contributed by atoms with E-state index in [9.17, 15) is 4.79 Å². The van der Waals surface area contributed by atoms with Crippen LogP contribution < -0.4 is 5.73 Å². The van der Waals surface area contributed by atoms with Gasteiger partial charge >= 0.3 is 0 Å². The van der Waals surface area contributed by atoms with Crippen molar-refractivity contribution in [1.29, 1.82) is 0 Å². The van der Waals surface area contributed by atoms with Crippen LogP contribution in [0.5, 0.6) is 0 Å². The Balaban J connectivity index is 1.91. The Bertz CT molecular complexity index is 392. The second-order valence-electron chi connectivity index (χ2n) is 4.69. The molecular formula is C13H19N3OS. The molecule has 2 N–H and O–H groups in total. The smallest absolute Gasteiger partial charge is 0.240 e. The van der Waals surface area contributed by atoms with E-state index in [1.165, 1.54) is 0 Å². The molecular weight excluding hydrogens is 246 g/mol. The number of hydrogen-bond acceptors (Lipinski definition) is 4. The first-order valence-electron chi connectivity index (χ1n) is 6.30. The molecule has 0 spiro atoms. The Labute approximate surface area is 113 Å². The Hall–Kier alpha value is -1.07. The molecule has 98 valence electrons. The number of rotatable bonds is 4. The van der Waals surface area contributed by atoms with E-state index in [1.807, 2.05) is 17.0 Å². The van der Waals surface area contributed by atoms with Gasteiger partial charge in [0.05, 0.1) is 6.04 Å². The highest BCUT2D eigenvalue weighted by molar-refractivity contribution is 7.81. The summed E-state index contributed by atoms with van der Waals surface area (Å²) in [5.74, 6) is 0.0292. The summed E-state index contributed by atoms with van der Waals surface area (Å²) in [6.07, 6.45) is 6.33. The molecule has 5 heteroatoms. The van der Waals surface area contributed by atoms with Crippen molar-refractivity contribution in [1.82, 2.24) is 9.88 Å². The van der Waals surface area contributed by atoms with Gasteiger partial charge in [-0.05, 0) is 37.0 Å². The predicted octanol–water partition coefficient (Wildman–Crippen LogP) is 0.872. The van der Waals surface area contributed by atoms with E-state index in [1.54, 1.807) is 12.4 Å². The summed E-state index contributed by atoms with van der Waals surface area (Å²) >= 11 is 4.48. The minimum Gasteiger partial charge on any atom is -0.341 e. The molecule has 0 bridgehead atoms. The minimum atomic E-state index is -0.528. The van der Waals surface area contributed by atoms with Crippen molar-refractivity contribution in [2.75, 3.05) is 13.1 Å².